The molecule has 5 nitrogen and oxygen atoms in total. The standard InChI is InChI=1S/C10H15F3N2O3/c1-2-18-8(16)7-6(4-3-5-14-7)15-9(17)10(11,12)13/h6-7,14H,2-5H2,1H3,(H,15,17)/t6-,7-/m1/s1. The topological polar surface area (TPSA) is 67.4 Å². The molecule has 0 aromatic heterocycles. The summed E-state index contributed by atoms with van der Waals surface area (Å²) in [6.45, 7) is 2.24. The number of hydrogen-bond donors (Lipinski definition) is 2. The molecule has 2 atom stereocenters. The van der Waals surface area contributed by atoms with Gasteiger partial charge in [-0.2, -0.15) is 13.2 Å². The number of carbonyl (C=O) groups excluding carboxylic acids is 2. The number of carbonyl (C=O) groups is 2. The van der Waals surface area contributed by atoms with Crippen molar-refractivity contribution < 1.29 is 27.5 Å². The van der Waals surface area contributed by atoms with Crippen LogP contribution in [0.1, 0.15) is 19.8 Å². The molecule has 1 saturated heterocycles. The second-order valence-electron chi connectivity index (χ2n) is 3.90. The summed E-state index contributed by atoms with van der Waals surface area (Å²) in [6.07, 6.45) is -4.06. The van der Waals surface area contributed by atoms with Gasteiger partial charge in [0.05, 0.1) is 12.6 Å². The highest BCUT2D eigenvalue weighted by molar-refractivity contribution is 5.84. The lowest BCUT2D eigenvalue weighted by molar-refractivity contribution is -0.175. The van der Waals surface area contributed by atoms with Crippen molar-refractivity contribution >= 4 is 11.9 Å². The maximum absolute atomic E-state index is 12.1. The molecule has 0 unspecified atom stereocenters. The highest BCUT2D eigenvalue weighted by atomic mass is 19.4. The van der Waals surface area contributed by atoms with Gasteiger partial charge in [-0.1, -0.05) is 0 Å². The van der Waals surface area contributed by atoms with E-state index < -0.39 is 30.1 Å². The van der Waals surface area contributed by atoms with E-state index in [0.29, 0.717) is 19.4 Å². The lowest BCUT2D eigenvalue weighted by Crippen LogP contribution is -2.59. The van der Waals surface area contributed by atoms with Crippen molar-refractivity contribution in [3.63, 3.8) is 0 Å². The van der Waals surface area contributed by atoms with E-state index in [1.165, 1.54) is 0 Å². The van der Waals surface area contributed by atoms with E-state index in [1.54, 1.807) is 6.92 Å². The monoisotopic (exact) mass is 268 g/mol. The van der Waals surface area contributed by atoms with Gasteiger partial charge in [0.15, 0.2) is 0 Å². The quantitative estimate of drug-likeness (QED) is 0.725. The third-order valence-electron chi connectivity index (χ3n) is 2.57. The van der Waals surface area contributed by atoms with Crippen LogP contribution in [0, 0.1) is 0 Å². The van der Waals surface area contributed by atoms with Gasteiger partial charge >= 0.3 is 18.1 Å². The summed E-state index contributed by atoms with van der Waals surface area (Å²) in [6, 6.07) is -1.82. The average molecular weight is 268 g/mol. The molecule has 104 valence electrons. The van der Waals surface area contributed by atoms with Gasteiger partial charge in [-0.15, -0.1) is 0 Å². The molecule has 1 fully saturated rings. The summed E-state index contributed by atoms with van der Waals surface area (Å²) in [7, 11) is 0. The van der Waals surface area contributed by atoms with Crippen molar-refractivity contribution in [3.8, 4) is 0 Å². The van der Waals surface area contributed by atoms with E-state index in [9.17, 15) is 22.8 Å². The van der Waals surface area contributed by atoms with Gasteiger partial charge in [0.25, 0.3) is 0 Å². The smallest absolute Gasteiger partial charge is 0.465 e. The molecule has 0 aliphatic carbocycles. The molecule has 0 aromatic rings. The lowest BCUT2D eigenvalue weighted by Gasteiger charge is -2.31. The Bertz CT molecular complexity index is 320. The number of rotatable bonds is 3. The largest absolute Gasteiger partial charge is 0.471 e. The molecule has 8 heteroatoms. The molecular weight excluding hydrogens is 253 g/mol. The Kier molecular flexibility index (Phi) is 4.94. The average Bonchev–Trinajstić information content (AvgIpc) is 2.28. The number of amides is 1. The Morgan fingerprint density at radius 1 is 1.44 bits per heavy atom. The van der Waals surface area contributed by atoms with Gasteiger partial charge in [-0.25, -0.2) is 0 Å². The van der Waals surface area contributed by atoms with E-state index in [4.69, 9.17) is 4.74 Å². The Morgan fingerprint density at radius 2 is 2.11 bits per heavy atom. The molecule has 2 N–H and O–H groups in total. The number of halogens is 3. The molecule has 1 amide bonds. The Hall–Kier alpha value is -1.31. The number of ether oxygens (including phenoxy) is 1. The van der Waals surface area contributed by atoms with Gasteiger partial charge in [0.2, 0.25) is 0 Å². The molecule has 1 heterocycles. The van der Waals surface area contributed by atoms with Crippen LogP contribution in [0.2, 0.25) is 0 Å². The predicted octanol–water partition coefficient (Wildman–Crippen LogP) is 0.349. The number of nitrogens with one attached hydrogen (secondary N) is 2. The van der Waals surface area contributed by atoms with E-state index in [0.717, 1.165) is 0 Å². The first-order valence-electron chi connectivity index (χ1n) is 5.64. The van der Waals surface area contributed by atoms with Crippen LogP contribution in [-0.2, 0) is 14.3 Å². The van der Waals surface area contributed by atoms with Crippen LogP contribution in [0.25, 0.3) is 0 Å². The van der Waals surface area contributed by atoms with Crippen molar-refractivity contribution in [2.45, 2.75) is 38.0 Å². The minimum absolute atomic E-state index is 0.136. The van der Waals surface area contributed by atoms with E-state index in [2.05, 4.69) is 5.32 Å². The Labute approximate surface area is 102 Å². The van der Waals surface area contributed by atoms with Crippen LogP contribution >= 0.6 is 0 Å². The molecule has 0 saturated carbocycles. The second-order valence-corrected chi connectivity index (χ2v) is 3.90. The first-order valence-corrected chi connectivity index (χ1v) is 5.64. The van der Waals surface area contributed by atoms with Crippen molar-refractivity contribution in [1.82, 2.24) is 10.6 Å². The van der Waals surface area contributed by atoms with Crippen LogP contribution in [0.5, 0.6) is 0 Å². The zero-order valence-corrected chi connectivity index (χ0v) is 9.84. The molecule has 18 heavy (non-hydrogen) atoms. The van der Waals surface area contributed by atoms with E-state index in [-0.39, 0.29) is 6.61 Å². The third kappa shape index (κ3) is 3.86. The normalized spacial score (nSPS) is 24.4. The van der Waals surface area contributed by atoms with Crippen LogP contribution in [-0.4, -0.2) is 43.3 Å². The maximum atomic E-state index is 12.1. The minimum atomic E-state index is -4.95. The number of piperidine rings is 1. The van der Waals surface area contributed by atoms with Crippen molar-refractivity contribution in [2.24, 2.45) is 0 Å². The molecule has 0 spiro atoms. The predicted molar refractivity (Wildman–Crippen MR) is 55.6 cm³/mol. The molecule has 1 aliphatic heterocycles. The zero-order valence-electron chi connectivity index (χ0n) is 9.84. The maximum Gasteiger partial charge on any atom is 0.471 e. The lowest BCUT2D eigenvalue weighted by atomic mass is 9.98. The highest BCUT2D eigenvalue weighted by Gasteiger charge is 2.42. The third-order valence-corrected chi connectivity index (χ3v) is 2.57. The van der Waals surface area contributed by atoms with Crippen molar-refractivity contribution in [2.75, 3.05) is 13.2 Å². The second kappa shape index (κ2) is 6.03. The SMILES string of the molecule is CCOC(=O)[C@@H]1NCCC[C@H]1NC(=O)C(F)(F)F. The fourth-order valence-electron chi connectivity index (χ4n) is 1.77. The van der Waals surface area contributed by atoms with Gasteiger partial charge in [0, 0.05) is 0 Å². The summed E-state index contributed by atoms with van der Waals surface area (Å²) < 4.78 is 41.1. The van der Waals surface area contributed by atoms with Crippen molar-refractivity contribution in [3.05, 3.63) is 0 Å². The minimum Gasteiger partial charge on any atom is -0.465 e. The summed E-state index contributed by atoms with van der Waals surface area (Å²) >= 11 is 0. The van der Waals surface area contributed by atoms with Gasteiger partial charge in [-0.05, 0) is 26.3 Å². The van der Waals surface area contributed by atoms with E-state index in [1.807, 2.05) is 5.32 Å². The van der Waals surface area contributed by atoms with Crippen LogP contribution in [0.3, 0.4) is 0 Å². The van der Waals surface area contributed by atoms with Gasteiger partial charge in [-0.3, -0.25) is 9.59 Å². The summed E-state index contributed by atoms with van der Waals surface area (Å²) in [5.41, 5.74) is 0. The van der Waals surface area contributed by atoms with Crippen LogP contribution in [0.15, 0.2) is 0 Å². The summed E-state index contributed by atoms with van der Waals surface area (Å²) in [4.78, 5) is 22.4. The van der Waals surface area contributed by atoms with Crippen LogP contribution in [0.4, 0.5) is 13.2 Å². The highest BCUT2D eigenvalue weighted by Crippen LogP contribution is 2.17. The Morgan fingerprint density at radius 3 is 2.67 bits per heavy atom. The van der Waals surface area contributed by atoms with Gasteiger partial charge in [0.1, 0.15) is 6.04 Å². The summed E-state index contributed by atoms with van der Waals surface area (Å²) in [5, 5.41) is 4.57. The Balaban J connectivity index is 2.65. The first-order chi connectivity index (χ1) is 8.36. The van der Waals surface area contributed by atoms with Crippen LogP contribution < -0.4 is 10.6 Å². The van der Waals surface area contributed by atoms with Crippen molar-refractivity contribution in [1.29, 1.82) is 0 Å². The number of hydrogen-bond acceptors (Lipinski definition) is 4. The molecular formula is C10H15F3N2O3. The van der Waals surface area contributed by atoms with E-state index >= 15 is 0 Å². The summed E-state index contributed by atoms with van der Waals surface area (Å²) in [5.74, 6) is -2.69. The number of esters is 1. The molecule has 1 aliphatic rings. The molecule has 0 bridgehead atoms. The zero-order chi connectivity index (χ0) is 13.8. The molecule has 0 radical (unpaired) electrons. The first kappa shape index (κ1) is 14.7. The number of alkyl halides is 3. The fourth-order valence-corrected chi connectivity index (χ4v) is 1.77. The molecule has 0 aromatic carbocycles. The van der Waals surface area contributed by atoms with Gasteiger partial charge < -0.3 is 15.4 Å². The fraction of sp³-hybridized carbons (Fsp3) is 0.800. The molecule has 1 rings (SSSR count).